The van der Waals surface area contributed by atoms with Crippen molar-refractivity contribution < 1.29 is 24.2 Å². The molecular formula is C23H18N2O5S. The first-order valence-corrected chi connectivity index (χ1v) is 10.6. The molecule has 1 fully saturated rings. The van der Waals surface area contributed by atoms with Crippen molar-refractivity contribution in [2.24, 2.45) is 0 Å². The second kappa shape index (κ2) is 7.55. The maximum absolute atomic E-state index is 13.1. The summed E-state index contributed by atoms with van der Waals surface area (Å²) >= 11 is 1.26. The van der Waals surface area contributed by atoms with E-state index < -0.39 is 17.7 Å². The lowest BCUT2D eigenvalue weighted by molar-refractivity contribution is -0.132. The van der Waals surface area contributed by atoms with Crippen LogP contribution in [-0.2, 0) is 9.59 Å². The fraction of sp³-hybridized carbons (Fsp3) is 0.174. The number of aryl methyl sites for hydroxylation is 1. The molecule has 2 aromatic carbocycles. The summed E-state index contributed by atoms with van der Waals surface area (Å²) < 4.78 is 11.1. The molecule has 0 saturated carbocycles. The minimum Gasteiger partial charge on any atom is -0.507 e. The van der Waals surface area contributed by atoms with Gasteiger partial charge in [-0.05, 0) is 30.7 Å². The lowest BCUT2D eigenvalue weighted by atomic mass is 9.94. The van der Waals surface area contributed by atoms with E-state index in [1.807, 2.05) is 31.2 Å². The number of ether oxygens (including phenoxy) is 2. The number of aliphatic hydroxyl groups excluding tert-OH is 1. The molecule has 1 N–H and O–H groups in total. The van der Waals surface area contributed by atoms with Gasteiger partial charge in [0.05, 0.1) is 11.6 Å². The Bertz CT molecular complexity index is 1200. The molecule has 1 aromatic heterocycles. The van der Waals surface area contributed by atoms with Gasteiger partial charge in [-0.25, -0.2) is 4.98 Å². The van der Waals surface area contributed by atoms with E-state index in [0.717, 1.165) is 5.56 Å². The molecule has 8 heteroatoms. The maximum atomic E-state index is 13.1. The summed E-state index contributed by atoms with van der Waals surface area (Å²) in [5.41, 5.74) is 2.14. The van der Waals surface area contributed by atoms with Crippen LogP contribution in [0.1, 0.15) is 22.7 Å². The fourth-order valence-electron chi connectivity index (χ4n) is 3.78. The number of carbonyl (C=O) groups excluding carboxylic acids is 2. The first-order chi connectivity index (χ1) is 15.0. The van der Waals surface area contributed by atoms with E-state index in [2.05, 4.69) is 4.98 Å². The number of amides is 1. The van der Waals surface area contributed by atoms with Crippen LogP contribution in [0.5, 0.6) is 11.5 Å². The van der Waals surface area contributed by atoms with Crippen molar-refractivity contribution in [3.05, 3.63) is 76.3 Å². The van der Waals surface area contributed by atoms with Gasteiger partial charge in [0.1, 0.15) is 19.0 Å². The van der Waals surface area contributed by atoms with Gasteiger partial charge in [-0.2, -0.15) is 0 Å². The van der Waals surface area contributed by atoms with Crippen LogP contribution < -0.4 is 14.4 Å². The van der Waals surface area contributed by atoms with Crippen LogP contribution >= 0.6 is 11.3 Å². The van der Waals surface area contributed by atoms with Crippen LogP contribution in [0.15, 0.2) is 59.6 Å². The third kappa shape index (κ3) is 3.25. The van der Waals surface area contributed by atoms with Gasteiger partial charge in [0, 0.05) is 17.1 Å². The fourth-order valence-corrected chi connectivity index (χ4v) is 4.44. The number of Topliss-reactive ketones (excluding diaryl/α,β-unsaturated/α-hetero) is 1. The number of thiazole rings is 1. The number of anilines is 1. The van der Waals surface area contributed by atoms with Crippen LogP contribution in [0.3, 0.4) is 0 Å². The summed E-state index contributed by atoms with van der Waals surface area (Å²) in [4.78, 5) is 31.6. The van der Waals surface area contributed by atoms with E-state index in [-0.39, 0.29) is 11.3 Å². The van der Waals surface area contributed by atoms with Crippen LogP contribution in [-0.4, -0.2) is 35.0 Å². The molecule has 0 aliphatic carbocycles. The Morgan fingerprint density at radius 1 is 1.10 bits per heavy atom. The van der Waals surface area contributed by atoms with Crippen molar-refractivity contribution in [3.63, 3.8) is 0 Å². The first kappa shape index (κ1) is 19.3. The Labute approximate surface area is 182 Å². The number of aromatic nitrogens is 1. The summed E-state index contributed by atoms with van der Waals surface area (Å²) in [6, 6.07) is 11.7. The molecule has 3 heterocycles. The van der Waals surface area contributed by atoms with Crippen molar-refractivity contribution >= 4 is 33.9 Å². The molecule has 2 aliphatic rings. The third-order valence-electron chi connectivity index (χ3n) is 5.28. The highest BCUT2D eigenvalue weighted by Gasteiger charge is 2.48. The Kier molecular flexibility index (Phi) is 4.71. The highest BCUT2D eigenvalue weighted by atomic mass is 32.1. The number of fused-ring (bicyclic) bond motifs is 1. The maximum Gasteiger partial charge on any atom is 0.301 e. The van der Waals surface area contributed by atoms with Gasteiger partial charge in [0.2, 0.25) is 0 Å². The number of hydrogen-bond donors (Lipinski definition) is 1. The quantitative estimate of drug-likeness (QED) is 0.383. The summed E-state index contributed by atoms with van der Waals surface area (Å²) in [6.07, 6.45) is 1.58. The van der Waals surface area contributed by atoms with Crippen molar-refractivity contribution in [2.45, 2.75) is 13.0 Å². The smallest absolute Gasteiger partial charge is 0.301 e. The van der Waals surface area contributed by atoms with Crippen molar-refractivity contribution in [3.8, 4) is 11.5 Å². The summed E-state index contributed by atoms with van der Waals surface area (Å²) in [5.74, 6) is -0.690. The van der Waals surface area contributed by atoms with E-state index >= 15 is 0 Å². The molecular weight excluding hydrogens is 416 g/mol. The van der Waals surface area contributed by atoms with Gasteiger partial charge < -0.3 is 14.6 Å². The molecule has 2 aliphatic heterocycles. The Balaban J connectivity index is 1.68. The molecule has 1 atom stereocenters. The standard InChI is InChI=1S/C23H18N2O5S/c1-13-2-4-14(5-3-13)19-18(21(27)22(28)25(19)23-24-8-11-31-23)20(26)15-6-7-16-17(12-15)30-10-9-29-16/h2-8,11-12,19,26H,9-10H2,1H3. The zero-order chi connectivity index (χ0) is 21.5. The highest BCUT2D eigenvalue weighted by Crippen LogP contribution is 2.43. The minimum absolute atomic E-state index is 0.0146. The van der Waals surface area contributed by atoms with Crippen molar-refractivity contribution in [2.75, 3.05) is 18.1 Å². The van der Waals surface area contributed by atoms with E-state index in [4.69, 9.17) is 9.47 Å². The predicted molar refractivity (Wildman–Crippen MR) is 116 cm³/mol. The number of hydrogen-bond acceptors (Lipinski definition) is 7. The lowest BCUT2D eigenvalue weighted by Crippen LogP contribution is -2.29. The number of carbonyl (C=O) groups is 2. The third-order valence-corrected chi connectivity index (χ3v) is 6.05. The molecule has 3 aromatic rings. The van der Waals surface area contributed by atoms with E-state index in [0.29, 0.717) is 41.0 Å². The minimum atomic E-state index is -0.792. The van der Waals surface area contributed by atoms with Gasteiger partial charge in [-0.15, -0.1) is 11.3 Å². The molecule has 1 unspecified atom stereocenters. The van der Waals surface area contributed by atoms with Gasteiger partial charge in [0.25, 0.3) is 5.78 Å². The van der Waals surface area contributed by atoms with Crippen LogP contribution in [0.2, 0.25) is 0 Å². The normalized spacial score (nSPS) is 19.6. The van der Waals surface area contributed by atoms with Crippen LogP contribution in [0.25, 0.3) is 5.76 Å². The summed E-state index contributed by atoms with van der Waals surface area (Å²) in [6.45, 7) is 2.80. The van der Waals surface area contributed by atoms with Crippen LogP contribution in [0, 0.1) is 6.92 Å². The molecule has 156 valence electrons. The summed E-state index contributed by atoms with van der Waals surface area (Å²) in [7, 11) is 0. The predicted octanol–water partition coefficient (Wildman–Crippen LogP) is 3.85. The zero-order valence-electron chi connectivity index (χ0n) is 16.6. The highest BCUT2D eigenvalue weighted by molar-refractivity contribution is 7.14. The lowest BCUT2D eigenvalue weighted by Gasteiger charge is -2.23. The zero-order valence-corrected chi connectivity index (χ0v) is 17.4. The molecule has 7 nitrogen and oxygen atoms in total. The molecule has 0 spiro atoms. The van der Waals surface area contributed by atoms with Gasteiger partial charge in [0.15, 0.2) is 16.6 Å². The molecule has 5 rings (SSSR count). The van der Waals surface area contributed by atoms with Crippen LogP contribution in [0.4, 0.5) is 5.13 Å². The Morgan fingerprint density at radius 3 is 2.55 bits per heavy atom. The number of ketones is 1. The largest absolute Gasteiger partial charge is 0.507 e. The summed E-state index contributed by atoms with van der Waals surface area (Å²) in [5, 5.41) is 13.3. The number of nitrogens with zero attached hydrogens (tertiary/aromatic N) is 2. The molecule has 1 amide bonds. The van der Waals surface area contributed by atoms with Gasteiger partial charge >= 0.3 is 5.91 Å². The SMILES string of the molecule is Cc1ccc(C2C(=C(O)c3ccc4c(c3)OCCO4)C(=O)C(=O)N2c2nccs2)cc1. The number of rotatable bonds is 3. The second-order valence-electron chi connectivity index (χ2n) is 7.25. The van der Waals surface area contributed by atoms with Crippen molar-refractivity contribution in [1.82, 2.24) is 4.98 Å². The van der Waals surface area contributed by atoms with E-state index in [1.165, 1.54) is 16.2 Å². The van der Waals surface area contributed by atoms with Gasteiger partial charge in [-0.3, -0.25) is 14.5 Å². The first-order valence-electron chi connectivity index (χ1n) is 9.71. The molecule has 1 saturated heterocycles. The monoisotopic (exact) mass is 434 g/mol. The van der Waals surface area contributed by atoms with E-state index in [1.54, 1.807) is 29.8 Å². The van der Waals surface area contributed by atoms with Gasteiger partial charge in [-0.1, -0.05) is 29.8 Å². The number of aliphatic hydroxyl groups is 1. The molecule has 0 radical (unpaired) electrons. The average Bonchev–Trinajstić information content (AvgIpc) is 3.40. The molecule has 31 heavy (non-hydrogen) atoms. The Hall–Kier alpha value is -3.65. The van der Waals surface area contributed by atoms with Crippen molar-refractivity contribution in [1.29, 1.82) is 0 Å². The number of benzene rings is 2. The second-order valence-corrected chi connectivity index (χ2v) is 8.13. The Morgan fingerprint density at radius 2 is 1.84 bits per heavy atom. The topological polar surface area (TPSA) is 89.0 Å². The molecule has 0 bridgehead atoms. The average molecular weight is 434 g/mol. The van der Waals surface area contributed by atoms with E-state index in [9.17, 15) is 14.7 Å².